The minimum absolute atomic E-state index is 0.0590. The van der Waals surface area contributed by atoms with Gasteiger partial charge in [0.15, 0.2) is 11.7 Å². The number of carbonyl (C=O) groups is 2. The number of rotatable bonds is 18. The van der Waals surface area contributed by atoms with Crippen molar-refractivity contribution in [3.8, 4) is 17.2 Å². The average molecular weight is 797 g/mol. The van der Waals surface area contributed by atoms with Crippen molar-refractivity contribution < 1.29 is 45.4 Å². The molecule has 0 bridgehead atoms. The van der Waals surface area contributed by atoms with Gasteiger partial charge in [0, 0.05) is 44.0 Å². The third-order valence-corrected chi connectivity index (χ3v) is 8.34. The number of nitrogens with one attached hydrogen (secondary N) is 7. The molecule has 1 saturated heterocycles. The molecule has 20 heteroatoms. The molecule has 1 fully saturated rings. The zero-order valence-corrected chi connectivity index (χ0v) is 30.3. The number of benzene rings is 3. The number of alkyl halides is 6. The first-order chi connectivity index (χ1) is 26.6. The first-order valence-electron chi connectivity index (χ1n) is 17.8. The van der Waals surface area contributed by atoms with Crippen LogP contribution in [0.1, 0.15) is 48.8 Å². The highest BCUT2D eigenvalue weighted by atomic mass is 19.4. The van der Waals surface area contributed by atoms with E-state index >= 15 is 0 Å². The van der Waals surface area contributed by atoms with Crippen LogP contribution >= 0.6 is 0 Å². The molecular weight excluding hydrogens is 750 g/mol. The van der Waals surface area contributed by atoms with E-state index in [2.05, 4.69) is 31.9 Å². The van der Waals surface area contributed by atoms with E-state index in [-0.39, 0.29) is 72.0 Å². The second-order valence-corrected chi connectivity index (χ2v) is 12.8. The Bertz CT molecular complexity index is 1820. The van der Waals surface area contributed by atoms with Crippen LogP contribution in [0.15, 0.2) is 48.5 Å². The molecule has 0 unspecified atom stereocenters. The van der Waals surface area contributed by atoms with Crippen LogP contribution in [-0.4, -0.2) is 63.3 Å². The summed E-state index contributed by atoms with van der Waals surface area (Å²) in [5.41, 5.74) is 14.1. The first kappa shape index (κ1) is 43.3. The van der Waals surface area contributed by atoms with Crippen molar-refractivity contribution in [2.45, 2.75) is 57.0 Å². The molecule has 0 spiro atoms. The van der Waals surface area contributed by atoms with Gasteiger partial charge in [-0.2, -0.15) is 26.3 Å². The number of aryl methyl sites for hydroxylation is 1. The van der Waals surface area contributed by atoms with E-state index in [9.17, 15) is 35.9 Å². The predicted octanol–water partition coefficient (Wildman–Crippen LogP) is 5.75. The minimum Gasteiger partial charge on any atom is -0.485 e. The SMILES string of the molecule is N=C(N)NCCCCC(=O)Nc1cc(C(F)(F)F)cc(NC(=O)Nc2ccc(Oc3ccc(NCCN)c(C(F)(F)F)c3)c(CCCN)c2)c1O[C@@H]1CCNC1. The monoisotopic (exact) mass is 796 g/mol. The Morgan fingerprint density at radius 1 is 0.857 bits per heavy atom. The van der Waals surface area contributed by atoms with Crippen LogP contribution in [0.4, 0.5) is 53.9 Å². The molecule has 3 aromatic carbocycles. The Labute approximate surface area is 319 Å². The Kier molecular flexibility index (Phi) is 15.4. The van der Waals surface area contributed by atoms with Crippen molar-refractivity contribution in [3.63, 3.8) is 0 Å². The molecule has 14 nitrogen and oxygen atoms in total. The fourth-order valence-electron chi connectivity index (χ4n) is 5.69. The second kappa shape index (κ2) is 19.9. The Morgan fingerprint density at radius 2 is 1.61 bits per heavy atom. The van der Waals surface area contributed by atoms with Crippen molar-refractivity contribution >= 4 is 40.6 Å². The predicted molar refractivity (Wildman–Crippen MR) is 201 cm³/mol. The maximum atomic E-state index is 14.1. The minimum atomic E-state index is -4.87. The molecule has 3 amide bonds. The van der Waals surface area contributed by atoms with Gasteiger partial charge in [0.25, 0.3) is 0 Å². The molecule has 1 heterocycles. The molecule has 3 aromatic rings. The molecule has 1 atom stereocenters. The van der Waals surface area contributed by atoms with Gasteiger partial charge in [-0.25, -0.2) is 4.79 Å². The van der Waals surface area contributed by atoms with Crippen LogP contribution in [-0.2, 0) is 23.6 Å². The summed E-state index contributed by atoms with van der Waals surface area (Å²) in [6.07, 6.45) is -8.03. The van der Waals surface area contributed by atoms with E-state index in [0.29, 0.717) is 63.4 Å². The summed E-state index contributed by atoms with van der Waals surface area (Å²) in [4.78, 5) is 26.3. The molecule has 0 radical (unpaired) electrons. The van der Waals surface area contributed by atoms with Crippen LogP contribution in [0.5, 0.6) is 17.2 Å². The fraction of sp³-hybridized carbons (Fsp3) is 0.417. The van der Waals surface area contributed by atoms with E-state index in [1.165, 1.54) is 30.3 Å². The lowest BCUT2D eigenvalue weighted by atomic mass is 10.1. The van der Waals surface area contributed by atoms with Crippen molar-refractivity contribution in [2.24, 2.45) is 17.2 Å². The van der Waals surface area contributed by atoms with Crippen LogP contribution in [0, 0.1) is 5.41 Å². The van der Waals surface area contributed by atoms with Crippen LogP contribution in [0.25, 0.3) is 0 Å². The number of halogens is 6. The highest BCUT2D eigenvalue weighted by Gasteiger charge is 2.35. The summed E-state index contributed by atoms with van der Waals surface area (Å²) in [6, 6.07) is 8.29. The summed E-state index contributed by atoms with van der Waals surface area (Å²) >= 11 is 0. The maximum absolute atomic E-state index is 14.1. The van der Waals surface area contributed by atoms with E-state index < -0.39 is 41.5 Å². The van der Waals surface area contributed by atoms with Crippen LogP contribution < -0.4 is 58.6 Å². The number of anilines is 4. The molecule has 1 aliphatic heterocycles. The number of nitrogens with two attached hydrogens (primary N) is 3. The number of carbonyl (C=O) groups excluding carboxylic acids is 2. The van der Waals surface area contributed by atoms with Crippen LogP contribution in [0.3, 0.4) is 0 Å². The number of guanidine groups is 1. The van der Waals surface area contributed by atoms with Gasteiger partial charge in [-0.15, -0.1) is 0 Å². The largest absolute Gasteiger partial charge is 0.485 e. The number of hydrogen-bond acceptors (Lipinski definition) is 9. The Balaban J connectivity index is 1.59. The third-order valence-electron chi connectivity index (χ3n) is 8.34. The van der Waals surface area contributed by atoms with Gasteiger partial charge in [-0.3, -0.25) is 10.2 Å². The zero-order valence-electron chi connectivity index (χ0n) is 30.3. The van der Waals surface area contributed by atoms with Gasteiger partial charge in [-0.1, -0.05) is 0 Å². The number of urea groups is 1. The lowest BCUT2D eigenvalue weighted by Crippen LogP contribution is -2.31. The van der Waals surface area contributed by atoms with Gasteiger partial charge in [0.2, 0.25) is 5.91 Å². The number of amides is 3. The van der Waals surface area contributed by atoms with E-state index in [0.717, 1.165) is 12.1 Å². The Morgan fingerprint density at radius 3 is 2.25 bits per heavy atom. The van der Waals surface area contributed by atoms with Gasteiger partial charge in [0.1, 0.15) is 17.6 Å². The standard InChI is InChI=1S/C36H46F6N10O4/c37-35(38,39)22-17-28(51-31(53)5-1-2-13-49-33(45)46)32(56-25-10-14-47-20-25)29(18-22)52-34(54)50-23-6-9-30(21(16-23)4-3-11-43)55-24-7-8-27(48-15-12-44)26(19-24)36(40,41)42/h6-9,16-19,25,47-48H,1-5,10-15,20,43-44H2,(H,51,53)(H4,45,46,49)(H2,50,52,54)/t25-/m1/s1. The number of unbranched alkanes of at least 4 members (excludes halogenated alkanes) is 1. The van der Waals surface area contributed by atoms with E-state index in [1.807, 2.05) is 0 Å². The van der Waals surface area contributed by atoms with E-state index in [4.69, 9.17) is 32.1 Å². The summed E-state index contributed by atoms with van der Waals surface area (Å²) in [6.45, 7) is 1.78. The molecule has 4 rings (SSSR count). The molecule has 306 valence electrons. The molecular formula is C36H46F6N10O4. The fourth-order valence-corrected chi connectivity index (χ4v) is 5.69. The lowest BCUT2D eigenvalue weighted by molar-refractivity contribution is -0.138. The number of ether oxygens (including phenoxy) is 2. The average Bonchev–Trinajstić information content (AvgIpc) is 3.64. The quantitative estimate of drug-likeness (QED) is 0.0324. The third kappa shape index (κ3) is 13.1. The van der Waals surface area contributed by atoms with Gasteiger partial charge < -0.3 is 58.6 Å². The van der Waals surface area contributed by atoms with Crippen molar-refractivity contribution in [3.05, 3.63) is 65.2 Å². The molecule has 0 saturated carbocycles. The summed E-state index contributed by atoms with van der Waals surface area (Å²) < 4.78 is 95.9. The molecule has 56 heavy (non-hydrogen) atoms. The highest BCUT2D eigenvalue weighted by molar-refractivity contribution is 6.03. The summed E-state index contributed by atoms with van der Waals surface area (Å²) in [7, 11) is 0. The topological polar surface area (TPSA) is 227 Å². The summed E-state index contributed by atoms with van der Waals surface area (Å²) in [5, 5.41) is 23.0. The summed E-state index contributed by atoms with van der Waals surface area (Å²) in [5.74, 6) is -0.926. The van der Waals surface area contributed by atoms with Crippen LogP contribution in [0.2, 0.25) is 0 Å². The van der Waals surface area contributed by atoms with Crippen molar-refractivity contribution in [2.75, 3.05) is 60.5 Å². The lowest BCUT2D eigenvalue weighted by Gasteiger charge is -2.22. The van der Waals surface area contributed by atoms with Crippen molar-refractivity contribution in [1.29, 1.82) is 5.41 Å². The molecule has 13 N–H and O–H groups in total. The van der Waals surface area contributed by atoms with Gasteiger partial charge in [-0.05, 0) is 99.3 Å². The second-order valence-electron chi connectivity index (χ2n) is 12.8. The maximum Gasteiger partial charge on any atom is 0.418 e. The normalized spacial score (nSPS) is 14.2. The van der Waals surface area contributed by atoms with Gasteiger partial charge in [0.05, 0.1) is 22.5 Å². The molecule has 1 aliphatic rings. The van der Waals surface area contributed by atoms with E-state index in [1.54, 1.807) is 0 Å². The first-order valence-corrected chi connectivity index (χ1v) is 17.8. The van der Waals surface area contributed by atoms with Gasteiger partial charge >= 0.3 is 18.4 Å². The molecule has 0 aliphatic carbocycles. The zero-order chi connectivity index (χ0) is 40.9. The number of hydrogen-bond donors (Lipinski definition) is 10. The van der Waals surface area contributed by atoms with Crippen molar-refractivity contribution in [1.82, 2.24) is 10.6 Å². The Hall–Kier alpha value is -5.47. The molecule has 0 aromatic heterocycles. The smallest absolute Gasteiger partial charge is 0.418 e. The highest BCUT2D eigenvalue weighted by Crippen LogP contribution is 2.42.